The van der Waals surface area contributed by atoms with Crippen molar-refractivity contribution in [1.29, 1.82) is 0 Å². The lowest BCUT2D eigenvalue weighted by molar-refractivity contribution is 0.0988. The lowest BCUT2D eigenvalue weighted by Crippen LogP contribution is -2.27. The Hall–Kier alpha value is -2.43. The first-order valence-electron chi connectivity index (χ1n) is 5.51. The quantitative estimate of drug-likeness (QED) is 0.905. The number of anilines is 1. The fourth-order valence-electron chi connectivity index (χ4n) is 1.64. The van der Waals surface area contributed by atoms with E-state index in [0.29, 0.717) is 5.69 Å². The molecule has 1 amide bonds. The molecule has 5 heteroatoms. The molecule has 2 rings (SSSR count). The van der Waals surface area contributed by atoms with E-state index in [0.717, 1.165) is 18.2 Å². The average molecular weight is 263 g/mol. The summed E-state index contributed by atoms with van der Waals surface area (Å²) in [7, 11) is 1.44. The van der Waals surface area contributed by atoms with Crippen molar-refractivity contribution >= 4 is 11.6 Å². The lowest BCUT2D eigenvalue weighted by Gasteiger charge is -2.17. The third-order valence-electron chi connectivity index (χ3n) is 2.70. The van der Waals surface area contributed by atoms with Crippen LogP contribution in [0.5, 0.6) is 5.75 Å². The predicted molar refractivity (Wildman–Crippen MR) is 67.2 cm³/mol. The third kappa shape index (κ3) is 2.70. The highest BCUT2D eigenvalue weighted by Crippen LogP contribution is 2.20. The molecule has 0 bridgehead atoms. The number of nitrogens with zero attached hydrogens (tertiary/aromatic N) is 1. The Bertz CT molecular complexity index is 611. The molecule has 0 aromatic heterocycles. The van der Waals surface area contributed by atoms with Crippen LogP contribution in [0.3, 0.4) is 0 Å². The van der Waals surface area contributed by atoms with E-state index in [9.17, 15) is 13.6 Å². The van der Waals surface area contributed by atoms with Gasteiger partial charge >= 0.3 is 0 Å². The second kappa shape index (κ2) is 5.06. The van der Waals surface area contributed by atoms with Crippen LogP contribution in [0.15, 0.2) is 42.5 Å². The first-order valence-corrected chi connectivity index (χ1v) is 5.51. The van der Waals surface area contributed by atoms with E-state index in [-0.39, 0.29) is 11.3 Å². The minimum absolute atomic E-state index is 0.0570. The number of aromatic hydroxyl groups is 1. The minimum Gasteiger partial charge on any atom is -0.508 e. The number of hydrogen-bond donors (Lipinski definition) is 1. The maximum absolute atomic E-state index is 13.5. The van der Waals surface area contributed by atoms with Crippen molar-refractivity contribution in [2.75, 3.05) is 11.9 Å². The van der Waals surface area contributed by atoms with Crippen LogP contribution >= 0.6 is 0 Å². The third-order valence-corrected chi connectivity index (χ3v) is 2.70. The maximum atomic E-state index is 13.5. The van der Waals surface area contributed by atoms with Gasteiger partial charge in [0.05, 0.1) is 5.56 Å². The van der Waals surface area contributed by atoms with Gasteiger partial charge in [0.15, 0.2) is 0 Å². The van der Waals surface area contributed by atoms with Crippen LogP contribution in [0.1, 0.15) is 10.4 Å². The van der Waals surface area contributed by atoms with Gasteiger partial charge in [-0.3, -0.25) is 4.79 Å². The number of phenols is 1. The minimum atomic E-state index is -0.781. The Morgan fingerprint density at radius 3 is 2.37 bits per heavy atom. The molecule has 0 radical (unpaired) electrons. The van der Waals surface area contributed by atoms with Crippen molar-refractivity contribution in [3.05, 3.63) is 59.7 Å². The highest BCUT2D eigenvalue weighted by molar-refractivity contribution is 6.05. The van der Waals surface area contributed by atoms with Gasteiger partial charge in [-0.25, -0.2) is 8.78 Å². The van der Waals surface area contributed by atoms with Crippen molar-refractivity contribution in [2.45, 2.75) is 0 Å². The zero-order valence-electron chi connectivity index (χ0n) is 10.1. The standard InChI is InChI=1S/C14H11F2NO2/c1-17(10-3-5-11(18)6-4-10)14(19)12-8-9(15)2-7-13(12)16/h2-8,18H,1H3. The smallest absolute Gasteiger partial charge is 0.261 e. The Kier molecular flexibility index (Phi) is 3.46. The van der Waals surface area contributed by atoms with Gasteiger partial charge in [0.1, 0.15) is 17.4 Å². The zero-order valence-corrected chi connectivity index (χ0v) is 10.1. The van der Waals surface area contributed by atoms with Crippen LogP contribution in [0.2, 0.25) is 0 Å². The SMILES string of the molecule is CN(C(=O)c1cc(F)ccc1F)c1ccc(O)cc1. The van der Waals surface area contributed by atoms with Gasteiger partial charge in [-0.2, -0.15) is 0 Å². The summed E-state index contributed by atoms with van der Waals surface area (Å²) >= 11 is 0. The zero-order chi connectivity index (χ0) is 14.0. The number of benzene rings is 2. The molecule has 3 nitrogen and oxygen atoms in total. The molecule has 0 atom stereocenters. The molecule has 0 aliphatic rings. The van der Waals surface area contributed by atoms with E-state index >= 15 is 0 Å². The van der Waals surface area contributed by atoms with Crippen LogP contribution in [0, 0.1) is 11.6 Å². The Labute approximate surface area is 108 Å². The molecule has 0 aliphatic heterocycles. The number of carbonyl (C=O) groups excluding carboxylic acids is 1. The average Bonchev–Trinajstić information content (AvgIpc) is 2.41. The van der Waals surface area contributed by atoms with E-state index in [4.69, 9.17) is 5.11 Å². The number of rotatable bonds is 2. The summed E-state index contributed by atoms with van der Waals surface area (Å²) in [6.45, 7) is 0. The molecule has 19 heavy (non-hydrogen) atoms. The Morgan fingerprint density at radius 1 is 1.11 bits per heavy atom. The van der Waals surface area contributed by atoms with Gasteiger partial charge < -0.3 is 10.0 Å². The molecule has 0 spiro atoms. The van der Waals surface area contributed by atoms with Crippen molar-refractivity contribution in [3.8, 4) is 5.75 Å². The predicted octanol–water partition coefficient (Wildman–Crippen LogP) is 2.95. The molecule has 1 N–H and O–H groups in total. The van der Waals surface area contributed by atoms with Crippen molar-refractivity contribution < 1.29 is 18.7 Å². The van der Waals surface area contributed by atoms with Gasteiger partial charge in [0, 0.05) is 12.7 Å². The van der Waals surface area contributed by atoms with E-state index in [1.54, 1.807) is 0 Å². The topological polar surface area (TPSA) is 40.5 Å². The van der Waals surface area contributed by atoms with Crippen LogP contribution in [-0.2, 0) is 0 Å². The summed E-state index contributed by atoms with van der Waals surface area (Å²) in [6, 6.07) is 8.53. The fourth-order valence-corrected chi connectivity index (χ4v) is 1.64. The van der Waals surface area contributed by atoms with Crippen LogP contribution in [0.4, 0.5) is 14.5 Å². The highest BCUT2D eigenvalue weighted by atomic mass is 19.1. The van der Waals surface area contributed by atoms with Crippen molar-refractivity contribution in [1.82, 2.24) is 0 Å². The molecular weight excluding hydrogens is 252 g/mol. The number of hydrogen-bond acceptors (Lipinski definition) is 2. The van der Waals surface area contributed by atoms with Crippen LogP contribution in [-0.4, -0.2) is 18.1 Å². The van der Waals surface area contributed by atoms with Crippen molar-refractivity contribution in [3.63, 3.8) is 0 Å². The number of phenolic OH excluding ortho intramolecular Hbond substituents is 1. The maximum Gasteiger partial charge on any atom is 0.261 e. The number of halogens is 2. The van der Waals surface area contributed by atoms with Gasteiger partial charge in [-0.15, -0.1) is 0 Å². The highest BCUT2D eigenvalue weighted by Gasteiger charge is 2.18. The summed E-state index contributed by atoms with van der Waals surface area (Å²) in [6.07, 6.45) is 0. The monoisotopic (exact) mass is 263 g/mol. The Balaban J connectivity index is 2.33. The largest absolute Gasteiger partial charge is 0.508 e. The first kappa shape index (κ1) is 13.0. The molecule has 0 aliphatic carbocycles. The van der Waals surface area contributed by atoms with E-state index in [1.165, 1.54) is 36.2 Å². The van der Waals surface area contributed by atoms with E-state index in [1.807, 2.05) is 0 Å². The second-order valence-electron chi connectivity index (χ2n) is 4.00. The van der Waals surface area contributed by atoms with Gasteiger partial charge in [0.2, 0.25) is 0 Å². The van der Waals surface area contributed by atoms with E-state index < -0.39 is 17.5 Å². The number of amides is 1. The summed E-state index contributed by atoms with van der Waals surface area (Å²) in [5, 5.41) is 9.16. The molecule has 2 aromatic carbocycles. The van der Waals surface area contributed by atoms with Crippen LogP contribution < -0.4 is 4.90 Å². The van der Waals surface area contributed by atoms with Gasteiger partial charge in [0.25, 0.3) is 5.91 Å². The molecule has 0 heterocycles. The molecule has 0 fully saturated rings. The normalized spacial score (nSPS) is 10.3. The Morgan fingerprint density at radius 2 is 1.74 bits per heavy atom. The summed E-state index contributed by atoms with van der Waals surface area (Å²) < 4.78 is 26.6. The molecule has 0 unspecified atom stereocenters. The molecule has 0 saturated carbocycles. The van der Waals surface area contributed by atoms with Gasteiger partial charge in [-0.05, 0) is 42.5 Å². The summed E-state index contributed by atoms with van der Waals surface area (Å²) in [5.74, 6) is -2.06. The first-order chi connectivity index (χ1) is 8.99. The summed E-state index contributed by atoms with van der Waals surface area (Å²) in [4.78, 5) is 13.2. The van der Waals surface area contributed by atoms with Gasteiger partial charge in [-0.1, -0.05) is 0 Å². The second-order valence-corrected chi connectivity index (χ2v) is 4.00. The van der Waals surface area contributed by atoms with E-state index in [2.05, 4.69) is 0 Å². The van der Waals surface area contributed by atoms with Crippen LogP contribution in [0.25, 0.3) is 0 Å². The number of carbonyl (C=O) groups is 1. The fraction of sp³-hybridized carbons (Fsp3) is 0.0714. The molecule has 98 valence electrons. The molecule has 2 aromatic rings. The molecular formula is C14H11F2NO2. The lowest BCUT2D eigenvalue weighted by atomic mass is 10.1. The molecule has 0 saturated heterocycles. The summed E-state index contributed by atoms with van der Waals surface area (Å²) in [5.41, 5.74) is 0.127. The van der Waals surface area contributed by atoms with Crippen molar-refractivity contribution in [2.24, 2.45) is 0 Å².